The molecule has 0 radical (unpaired) electrons. The van der Waals surface area contributed by atoms with Crippen LogP contribution in [0.2, 0.25) is 0 Å². The fourth-order valence-electron chi connectivity index (χ4n) is 3.61. The lowest BCUT2D eigenvalue weighted by molar-refractivity contribution is -0.119. The Balaban J connectivity index is 1.70. The molecule has 1 aliphatic rings. The highest BCUT2D eigenvalue weighted by Gasteiger charge is 2.27. The van der Waals surface area contributed by atoms with Crippen LogP contribution in [-0.4, -0.2) is 25.4 Å². The van der Waals surface area contributed by atoms with Gasteiger partial charge in [0.05, 0.1) is 4.90 Å². The number of para-hydroxylation sites is 1. The lowest BCUT2D eigenvalue weighted by atomic mass is 10.2. The number of halogens is 1. The van der Waals surface area contributed by atoms with Gasteiger partial charge in [-0.2, -0.15) is 0 Å². The summed E-state index contributed by atoms with van der Waals surface area (Å²) in [5.74, 6) is -0.0864. The maximum absolute atomic E-state index is 13.1. The maximum atomic E-state index is 13.1. The van der Waals surface area contributed by atoms with Crippen molar-refractivity contribution in [2.24, 2.45) is 5.14 Å². The van der Waals surface area contributed by atoms with Crippen LogP contribution in [0.25, 0.3) is 10.9 Å². The molecular weight excluding hydrogens is 430 g/mol. The molecule has 0 saturated heterocycles. The molecule has 2 aromatic carbocycles. The van der Waals surface area contributed by atoms with Gasteiger partial charge in [-0.25, -0.2) is 13.6 Å². The topological polar surface area (TPSA) is 85.4 Å². The van der Waals surface area contributed by atoms with E-state index in [0.717, 1.165) is 26.6 Å². The Labute approximate surface area is 165 Å². The van der Waals surface area contributed by atoms with Crippen molar-refractivity contribution in [3.63, 3.8) is 0 Å². The van der Waals surface area contributed by atoms with E-state index in [1.807, 2.05) is 35.8 Å². The van der Waals surface area contributed by atoms with Crippen molar-refractivity contribution in [2.45, 2.75) is 24.8 Å². The molecule has 6 nitrogen and oxygen atoms in total. The molecule has 3 aromatic rings. The summed E-state index contributed by atoms with van der Waals surface area (Å²) in [6.45, 7) is 2.67. The molecule has 0 saturated carbocycles. The molecule has 0 fully saturated rings. The van der Waals surface area contributed by atoms with Gasteiger partial charge in [0.15, 0.2) is 0 Å². The van der Waals surface area contributed by atoms with E-state index < -0.39 is 10.0 Å². The van der Waals surface area contributed by atoms with E-state index in [2.05, 4.69) is 15.9 Å². The molecule has 1 aliphatic heterocycles. The second-order valence-corrected chi connectivity index (χ2v) is 8.99. The van der Waals surface area contributed by atoms with Crippen molar-refractivity contribution < 1.29 is 13.2 Å². The Bertz CT molecular complexity index is 1180. The van der Waals surface area contributed by atoms with E-state index in [0.29, 0.717) is 18.7 Å². The van der Waals surface area contributed by atoms with Crippen LogP contribution in [0.15, 0.2) is 51.8 Å². The van der Waals surface area contributed by atoms with E-state index in [1.54, 1.807) is 11.0 Å². The lowest BCUT2D eigenvalue weighted by Crippen LogP contribution is -2.32. The summed E-state index contributed by atoms with van der Waals surface area (Å²) in [6.07, 6.45) is 0.696. The summed E-state index contributed by atoms with van der Waals surface area (Å²) in [4.78, 5) is 14.7. The van der Waals surface area contributed by atoms with Gasteiger partial charge in [0.1, 0.15) is 6.54 Å². The average molecular weight is 448 g/mol. The van der Waals surface area contributed by atoms with Gasteiger partial charge >= 0.3 is 0 Å². The van der Waals surface area contributed by atoms with E-state index in [4.69, 9.17) is 5.14 Å². The summed E-state index contributed by atoms with van der Waals surface area (Å²) in [7, 11) is -3.81. The van der Waals surface area contributed by atoms with E-state index in [-0.39, 0.29) is 17.3 Å². The molecule has 27 heavy (non-hydrogen) atoms. The van der Waals surface area contributed by atoms with Crippen LogP contribution < -0.4 is 10.0 Å². The monoisotopic (exact) mass is 447 g/mol. The first kappa shape index (κ1) is 18.2. The minimum absolute atomic E-state index is 0.0197. The summed E-state index contributed by atoms with van der Waals surface area (Å²) in [5, 5.41) is 6.30. The zero-order chi connectivity index (χ0) is 19.3. The quantitative estimate of drug-likeness (QED) is 0.669. The number of nitrogens with two attached hydrogens (primary N) is 1. The second kappa shape index (κ2) is 6.47. The number of sulfonamides is 1. The summed E-state index contributed by atoms with van der Waals surface area (Å²) < 4.78 is 26.3. The fraction of sp³-hybridized carbons (Fsp3) is 0.211. The van der Waals surface area contributed by atoms with Crippen LogP contribution in [0.5, 0.6) is 0 Å². The van der Waals surface area contributed by atoms with Crippen LogP contribution in [0.1, 0.15) is 11.3 Å². The van der Waals surface area contributed by atoms with Crippen LogP contribution in [0.3, 0.4) is 0 Å². The number of fused-ring (bicyclic) bond motifs is 2. The highest BCUT2D eigenvalue weighted by molar-refractivity contribution is 9.10. The van der Waals surface area contributed by atoms with Crippen molar-refractivity contribution in [1.29, 1.82) is 0 Å². The number of nitrogens with zero attached hydrogens (tertiary/aromatic N) is 2. The molecule has 140 valence electrons. The zero-order valence-electron chi connectivity index (χ0n) is 14.6. The summed E-state index contributed by atoms with van der Waals surface area (Å²) >= 11 is 3.61. The minimum atomic E-state index is -3.81. The largest absolute Gasteiger partial charge is 0.334 e. The number of aromatic nitrogens is 1. The van der Waals surface area contributed by atoms with Crippen LogP contribution in [0.4, 0.5) is 5.69 Å². The average Bonchev–Trinajstić information content (AvgIpc) is 3.16. The molecule has 2 heterocycles. The molecule has 0 spiro atoms. The SMILES string of the molecule is Cc1c(Br)c2ccccc2n1CC(=O)N1CCc2ccc(S(N)(=O)=O)cc21. The first-order valence-electron chi connectivity index (χ1n) is 8.47. The Kier molecular flexibility index (Phi) is 4.37. The Morgan fingerprint density at radius 2 is 1.96 bits per heavy atom. The zero-order valence-corrected chi connectivity index (χ0v) is 17.0. The number of anilines is 1. The molecule has 0 atom stereocenters. The highest BCUT2D eigenvalue weighted by Crippen LogP contribution is 2.33. The lowest BCUT2D eigenvalue weighted by Gasteiger charge is -2.19. The predicted octanol–water partition coefficient (Wildman–Crippen LogP) is 2.95. The van der Waals surface area contributed by atoms with Crippen molar-refractivity contribution in [1.82, 2.24) is 4.57 Å². The molecule has 0 bridgehead atoms. The molecular formula is C19H18BrN3O3S. The van der Waals surface area contributed by atoms with Gasteiger partial charge in [-0.05, 0) is 53.0 Å². The number of primary sulfonamides is 1. The predicted molar refractivity (Wildman–Crippen MR) is 108 cm³/mol. The van der Waals surface area contributed by atoms with Gasteiger partial charge < -0.3 is 9.47 Å². The van der Waals surface area contributed by atoms with Gasteiger partial charge in [-0.1, -0.05) is 24.3 Å². The van der Waals surface area contributed by atoms with Crippen molar-refractivity contribution in [2.75, 3.05) is 11.4 Å². The Morgan fingerprint density at radius 1 is 1.22 bits per heavy atom. The highest BCUT2D eigenvalue weighted by atomic mass is 79.9. The van der Waals surface area contributed by atoms with Crippen LogP contribution >= 0.6 is 15.9 Å². The van der Waals surface area contributed by atoms with Gasteiger partial charge in [0.2, 0.25) is 15.9 Å². The fourth-order valence-corrected chi connectivity index (χ4v) is 4.69. The maximum Gasteiger partial charge on any atom is 0.246 e. The number of amides is 1. The van der Waals surface area contributed by atoms with E-state index in [9.17, 15) is 13.2 Å². The van der Waals surface area contributed by atoms with Gasteiger partial charge in [-0.3, -0.25) is 4.79 Å². The van der Waals surface area contributed by atoms with Gasteiger partial charge in [0, 0.05) is 33.3 Å². The number of benzene rings is 2. The molecule has 1 aromatic heterocycles. The van der Waals surface area contributed by atoms with E-state index >= 15 is 0 Å². The Morgan fingerprint density at radius 3 is 2.70 bits per heavy atom. The van der Waals surface area contributed by atoms with Crippen molar-refractivity contribution >= 4 is 48.5 Å². The number of carbonyl (C=O) groups excluding carboxylic acids is 1. The third-order valence-corrected chi connectivity index (χ3v) is 6.94. The minimum Gasteiger partial charge on any atom is -0.334 e. The van der Waals surface area contributed by atoms with Crippen molar-refractivity contribution in [3.8, 4) is 0 Å². The molecule has 2 N–H and O–H groups in total. The standard InChI is InChI=1S/C19H18BrN3O3S/c1-12-19(20)15-4-2-3-5-16(15)23(12)11-18(24)22-9-8-13-6-7-14(10-17(13)22)27(21,25)26/h2-7,10H,8-9,11H2,1H3,(H2,21,25,26). The van der Waals surface area contributed by atoms with Crippen molar-refractivity contribution in [3.05, 3.63) is 58.2 Å². The third-order valence-electron chi connectivity index (χ3n) is 5.03. The van der Waals surface area contributed by atoms with Crippen LogP contribution in [-0.2, 0) is 27.8 Å². The molecule has 0 unspecified atom stereocenters. The number of rotatable bonds is 3. The molecule has 1 amide bonds. The van der Waals surface area contributed by atoms with Crippen LogP contribution in [0, 0.1) is 6.92 Å². The Hall–Kier alpha value is -2.16. The molecule has 0 aliphatic carbocycles. The molecule has 4 rings (SSSR count). The summed E-state index contributed by atoms with van der Waals surface area (Å²) in [6, 6.07) is 12.6. The normalized spacial score (nSPS) is 14.0. The first-order valence-corrected chi connectivity index (χ1v) is 10.8. The number of carbonyl (C=O) groups is 1. The number of hydrogen-bond acceptors (Lipinski definition) is 3. The first-order chi connectivity index (χ1) is 12.8. The van der Waals surface area contributed by atoms with Gasteiger partial charge in [0.25, 0.3) is 0 Å². The summed E-state index contributed by atoms with van der Waals surface area (Å²) in [5.41, 5.74) is 3.53. The van der Waals surface area contributed by atoms with Gasteiger partial charge in [-0.15, -0.1) is 0 Å². The smallest absolute Gasteiger partial charge is 0.246 e. The van der Waals surface area contributed by atoms with E-state index in [1.165, 1.54) is 12.1 Å². The number of hydrogen-bond donors (Lipinski definition) is 1. The third kappa shape index (κ3) is 3.07. The molecule has 8 heteroatoms. The second-order valence-electron chi connectivity index (χ2n) is 6.63.